The summed E-state index contributed by atoms with van der Waals surface area (Å²) in [6.07, 6.45) is 0. The van der Waals surface area contributed by atoms with E-state index >= 15 is 4.79 Å². The number of thioether (sulfide) groups is 1. The first-order chi connectivity index (χ1) is 36.7. The van der Waals surface area contributed by atoms with E-state index in [0.717, 1.165) is 11.3 Å². The van der Waals surface area contributed by atoms with Crippen molar-refractivity contribution in [2.75, 3.05) is 7.11 Å². The van der Waals surface area contributed by atoms with E-state index in [-0.39, 0.29) is 5.78 Å². The predicted molar refractivity (Wildman–Crippen MR) is 310 cm³/mol. The fourth-order valence-electron chi connectivity index (χ4n) is 25.6. The first-order valence-electron chi connectivity index (χ1n) is 26.9. The molecule has 29 aromatic carbocycles. The minimum absolute atomic E-state index is 0.164. The standard InChI is InChI=1S/C70H9NO2S/c1-73-7-4-2-6(3-5-7)66(72)67-69-62-54-46-36-26-18-10-8-9-12-16-14(10)22-30-24(16)34-28-20(12)21-13(9)17-15-11(8)19(18)27-33-23(15)31-25(17)35-29(21)39-38(28)48-42(34)52-44(30)50(40(46)32(22)26)56(62)58(52)64-60(48)61-49(39)43(35)53-45(31)51-41(33)47(37(27)36)55(54)63(69)57(51)59(53)65(61)70(64,69)68(71)74-67/h2-5,67,71H,1H3. The Morgan fingerprint density at radius 1 is 0.338 bits per heavy atom. The molecule has 34 rings (SSSR count). The van der Waals surface area contributed by atoms with Gasteiger partial charge in [0, 0.05) is 5.56 Å². The van der Waals surface area contributed by atoms with Crippen LogP contribution in [0.25, 0.3) is 291 Å². The van der Waals surface area contributed by atoms with E-state index < -0.39 is 16.1 Å². The fraction of sp³-hybridized carbons (Fsp3) is 0.0571. The lowest BCUT2D eigenvalue weighted by molar-refractivity contribution is 0.0963. The van der Waals surface area contributed by atoms with Crippen molar-refractivity contribution in [3.05, 3.63) is 52.1 Å². The van der Waals surface area contributed by atoms with Gasteiger partial charge in [0.15, 0.2) is 5.78 Å². The van der Waals surface area contributed by atoms with Crippen LogP contribution in [0.15, 0.2) is 24.3 Å². The molecule has 0 saturated carbocycles. The SMILES string of the molecule is COc1ccc(C(=O)C2SC(=N)C34c5c6c7c8c9c%10c(c%11c%12c3c3c5c5c%13c6c6c7c7c9c9c%14c%10c%10c%11c%11c%12c%12c3c3c5c5c%13c%13c6c6c7c9c7c9c%14c%10c%10c%11c%11c%12c3c3c5c5c%13c6c7c6c9c%10c%11c3c56)C824)cc1. The van der Waals surface area contributed by atoms with E-state index in [0.29, 0.717) is 5.04 Å². The van der Waals surface area contributed by atoms with Crippen LogP contribution >= 0.6 is 11.8 Å². The maximum absolute atomic E-state index is 16.8. The molecule has 74 heavy (non-hydrogen) atoms. The first kappa shape index (κ1) is 28.4. The van der Waals surface area contributed by atoms with Gasteiger partial charge in [0.2, 0.25) is 0 Å². The van der Waals surface area contributed by atoms with Crippen molar-refractivity contribution < 1.29 is 9.53 Å². The molecular weight excluding hydrogens is 919 g/mol. The second-order valence-corrected chi connectivity index (χ2v) is 27.3. The Labute approximate surface area is 407 Å². The summed E-state index contributed by atoms with van der Waals surface area (Å²) in [6, 6.07) is 8.03. The first-order valence-corrected chi connectivity index (χ1v) is 27.8. The Hall–Kier alpha value is -8.83. The highest BCUT2D eigenvalue weighted by Gasteiger charge is 2.78. The number of methoxy groups -OCH3 is 1. The van der Waals surface area contributed by atoms with Gasteiger partial charge in [-0.3, -0.25) is 10.2 Å². The highest BCUT2D eigenvalue weighted by Crippen LogP contribution is 2.87. The molecule has 1 unspecified atom stereocenters. The van der Waals surface area contributed by atoms with Crippen molar-refractivity contribution in [2.24, 2.45) is 0 Å². The van der Waals surface area contributed by atoms with Crippen molar-refractivity contribution in [1.29, 1.82) is 5.41 Å². The van der Waals surface area contributed by atoms with E-state index in [1.54, 1.807) is 170 Å². The molecule has 1 fully saturated rings. The Bertz CT molecular complexity index is 7450. The van der Waals surface area contributed by atoms with Gasteiger partial charge in [0.1, 0.15) is 5.75 Å². The summed E-state index contributed by atoms with van der Waals surface area (Å²) in [4.78, 5) is 16.8. The minimum Gasteiger partial charge on any atom is -0.497 e. The molecule has 2 spiro atoms. The smallest absolute Gasteiger partial charge is 0.177 e. The molecular formula is C70H9NO2S. The maximum Gasteiger partial charge on any atom is 0.177 e. The third kappa shape index (κ3) is 1.52. The summed E-state index contributed by atoms with van der Waals surface area (Å²) in [5.41, 5.74) is 4.76. The minimum atomic E-state index is -0.865. The van der Waals surface area contributed by atoms with Crippen LogP contribution in [0.4, 0.5) is 0 Å². The largest absolute Gasteiger partial charge is 0.497 e. The molecule has 1 saturated heterocycles. The number of hydrogen-bond acceptors (Lipinski definition) is 4. The second kappa shape index (κ2) is 6.52. The lowest BCUT2D eigenvalue weighted by Gasteiger charge is -2.51. The van der Waals surface area contributed by atoms with Crippen LogP contribution in [0.2, 0.25) is 0 Å². The van der Waals surface area contributed by atoms with E-state index in [1.165, 1.54) is 162 Å². The van der Waals surface area contributed by atoms with Crippen molar-refractivity contribution >= 4 is 313 Å². The zero-order valence-corrected chi connectivity index (χ0v) is 38.4. The number of hydrogen-bond donors (Lipinski definition) is 1. The third-order valence-electron chi connectivity index (χ3n) is 26.0. The van der Waals surface area contributed by atoms with Crippen LogP contribution in [0.3, 0.4) is 0 Å². The van der Waals surface area contributed by atoms with Crippen molar-refractivity contribution in [2.45, 2.75) is 16.1 Å². The van der Waals surface area contributed by atoms with Crippen LogP contribution in [0.1, 0.15) is 32.6 Å². The van der Waals surface area contributed by atoms with Gasteiger partial charge in [-0.05, 0) is 337 Å². The number of carbonyl (C=O) groups excluding carboxylic acids is 1. The molecule has 0 aromatic heterocycles. The lowest BCUT2D eigenvalue weighted by atomic mass is 9.47. The van der Waals surface area contributed by atoms with Crippen LogP contribution in [0, 0.1) is 5.41 Å². The van der Waals surface area contributed by atoms with Gasteiger partial charge in [0.25, 0.3) is 0 Å². The van der Waals surface area contributed by atoms with Gasteiger partial charge in [0.05, 0.1) is 28.2 Å². The van der Waals surface area contributed by atoms with Crippen LogP contribution in [-0.2, 0) is 10.8 Å². The van der Waals surface area contributed by atoms with Gasteiger partial charge in [-0.15, -0.1) is 0 Å². The number of Topliss-reactive ketones (excluding diaryl/α,β-unsaturated/α-hetero) is 1. The third-order valence-corrected chi connectivity index (χ3v) is 27.3. The number of carbonyl (C=O) groups is 1. The van der Waals surface area contributed by atoms with E-state index in [4.69, 9.17) is 4.74 Å². The Morgan fingerprint density at radius 3 is 0.757 bits per heavy atom. The van der Waals surface area contributed by atoms with Gasteiger partial charge in [-0.1, -0.05) is 11.8 Å². The molecule has 5 aliphatic rings. The Morgan fingerprint density at radius 2 is 0.541 bits per heavy atom. The molecule has 29 aromatic rings. The molecule has 4 heteroatoms. The molecule has 1 aliphatic heterocycles. The van der Waals surface area contributed by atoms with Crippen LogP contribution in [-0.4, -0.2) is 23.2 Å². The van der Waals surface area contributed by atoms with Crippen molar-refractivity contribution in [1.82, 2.24) is 0 Å². The Balaban J connectivity index is 1.11. The zero-order valence-electron chi connectivity index (χ0n) is 37.6. The number of benzene rings is 19. The van der Waals surface area contributed by atoms with Gasteiger partial charge in [-0.25, -0.2) is 0 Å². The van der Waals surface area contributed by atoms with Crippen molar-refractivity contribution in [3.8, 4) is 5.75 Å². The molecule has 1 heterocycles. The summed E-state index contributed by atoms with van der Waals surface area (Å²) in [7, 11) is 1.72. The highest BCUT2D eigenvalue weighted by atomic mass is 32.2. The highest BCUT2D eigenvalue weighted by molar-refractivity contribution is 8.15. The molecule has 0 radical (unpaired) electrons. The molecule has 312 valence electrons. The van der Waals surface area contributed by atoms with E-state index in [2.05, 4.69) is 0 Å². The van der Waals surface area contributed by atoms with E-state index in [9.17, 15) is 5.41 Å². The average Bonchev–Trinajstić information content (AvgIpc) is 3.64. The summed E-state index contributed by atoms with van der Waals surface area (Å²) in [5, 5.41) is 94.9. The molecule has 4 aliphatic carbocycles. The van der Waals surface area contributed by atoms with Gasteiger partial charge in [-0.2, -0.15) is 0 Å². The Kier molecular flexibility index (Phi) is 2.50. The van der Waals surface area contributed by atoms with Crippen molar-refractivity contribution in [3.63, 3.8) is 0 Å². The summed E-state index contributed by atoms with van der Waals surface area (Å²) < 4.78 is 5.75. The quantitative estimate of drug-likeness (QED) is 0.142. The second-order valence-electron chi connectivity index (χ2n) is 26.2. The topological polar surface area (TPSA) is 50.2 Å². The molecule has 0 bridgehead atoms. The number of ketones is 1. The number of nitrogens with one attached hydrogen (secondary N) is 1. The average molecular weight is 928 g/mol. The fourth-order valence-corrected chi connectivity index (χ4v) is 27.2. The molecule has 1 N–H and O–H groups in total. The van der Waals surface area contributed by atoms with Crippen LogP contribution < -0.4 is 4.74 Å². The maximum atomic E-state index is 16.8. The number of ether oxygens (including phenoxy) is 1. The molecule has 3 nitrogen and oxygen atoms in total. The van der Waals surface area contributed by atoms with Gasteiger partial charge >= 0.3 is 0 Å². The monoisotopic (exact) mass is 927 g/mol. The van der Waals surface area contributed by atoms with E-state index in [1.807, 2.05) is 24.3 Å². The zero-order chi connectivity index (χ0) is 44.6. The number of rotatable bonds is 3. The summed E-state index contributed by atoms with van der Waals surface area (Å²) in [6.45, 7) is 0. The molecule has 0 amide bonds. The van der Waals surface area contributed by atoms with Crippen LogP contribution in [0.5, 0.6) is 5.75 Å². The predicted octanol–water partition coefficient (Wildman–Crippen LogP) is 18.3. The normalized spacial score (nSPS) is 22.9. The molecule has 1 atom stereocenters. The lowest BCUT2D eigenvalue weighted by Crippen LogP contribution is -2.56. The van der Waals surface area contributed by atoms with Gasteiger partial charge < -0.3 is 4.74 Å². The summed E-state index contributed by atoms with van der Waals surface area (Å²) in [5.74, 6) is 0.926. The summed E-state index contributed by atoms with van der Waals surface area (Å²) >= 11 is 1.66.